The lowest BCUT2D eigenvalue weighted by Gasteiger charge is -2.29. The molecule has 0 radical (unpaired) electrons. The molecule has 182 valence electrons. The van der Waals surface area contributed by atoms with Crippen LogP contribution in [-0.4, -0.2) is 79.1 Å². The molecular weight excluding hydrogens is 508 g/mol. The molecule has 1 aliphatic rings. The Bertz CT molecular complexity index is 875. The number of benzene rings is 2. The van der Waals surface area contributed by atoms with Gasteiger partial charge in [-0.05, 0) is 51.3 Å². The third-order valence-electron chi connectivity index (χ3n) is 5.96. The first kappa shape index (κ1) is 26.3. The average molecular weight is 542 g/mol. The summed E-state index contributed by atoms with van der Waals surface area (Å²) >= 11 is 9.20. The third kappa shape index (κ3) is 7.57. The summed E-state index contributed by atoms with van der Waals surface area (Å²) in [4.78, 5) is 2.25. The largest absolute Gasteiger partial charge is 0.491 e. The van der Waals surface area contributed by atoms with Crippen LogP contribution in [0.3, 0.4) is 0 Å². The van der Waals surface area contributed by atoms with E-state index in [-0.39, 0.29) is 24.5 Å². The third-order valence-corrected chi connectivity index (χ3v) is 6.94. The Kier molecular flexibility index (Phi) is 9.85. The number of ether oxygens (including phenoxy) is 2. The topological polar surface area (TPSA) is 74.2 Å². The fourth-order valence-corrected chi connectivity index (χ4v) is 4.39. The van der Waals surface area contributed by atoms with Crippen LogP contribution in [-0.2, 0) is 5.41 Å². The van der Waals surface area contributed by atoms with Crippen LogP contribution < -0.4 is 14.8 Å². The highest BCUT2D eigenvalue weighted by atomic mass is 79.9. The van der Waals surface area contributed by atoms with Gasteiger partial charge in [-0.25, -0.2) is 0 Å². The molecule has 1 fully saturated rings. The maximum atomic E-state index is 10.3. The highest BCUT2D eigenvalue weighted by molar-refractivity contribution is 9.10. The predicted octanol–water partition coefficient (Wildman–Crippen LogP) is 3.40. The lowest BCUT2D eigenvalue weighted by Crippen LogP contribution is -2.47. The molecule has 1 aliphatic heterocycles. The Balaban J connectivity index is 1.57. The van der Waals surface area contributed by atoms with Gasteiger partial charge in [0.1, 0.15) is 36.9 Å². The van der Waals surface area contributed by atoms with Crippen molar-refractivity contribution >= 4 is 27.5 Å². The van der Waals surface area contributed by atoms with Gasteiger partial charge in [-0.3, -0.25) is 4.90 Å². The summed E-state index contributed by atoms with van der Waals surface area (Å²) < 4.78 is 12.3. The Morgan fingerprint density at radius 2 is 1.64 bits per heavy atom. The van der Waals surface area contributed by atoms with E-state index >= 15 is 0 Å². The van der Waals surface area contributed by atoms with Crippen molar-refractivity contribution < 1.29 is 19.7 Å². The summed E-state index contributed by atoms with van der Waals surface area (Å²) in [5.41, 5.74) is 2.03. The molecule has 2 unspecified atom stereocenters. The first-order valence-electron chi connectivity index (χ1n) is 11.3. The van der Waals surface area contributed by atoms with Crippen LogP contribution in [0.15, 0.2) is 46.9 Å². The number of hydrogen-bond acceptors (Lipinski definition) is 6. The molecule has 1 saturated heterocycles. The van der Waals surface area contributed by atoms with E-state index in [1.165, 1.54) is 0 Å². The molecule has 3 rings (SSSR count). The number of nitrogens with zero attached hydrogens (tertiary/aromatic N) is 1. The molecule has 3 N–H and O–H groups in total. The number of alkyl halides is 1. The van der Waals surface area contributed by atoms with E-state index in [0.29, 0.717) is 12.3 Å². The van der Waals surface area contributed by atoms with Gasteiger partial charge in [0.25, 0.3) is 0 Å². The molecule has 2 aromatic rings. The number of aliphatic hydroxyl groups is 2. The molecule has 0 amide bonds. The van der Waals surface area contributed by atoms with E-state index in [9.17, 15) is 10.2 Å². The van der Waals surface area contributed by atoms with Crippen molar-refractivity contribution in [2.45, 2.75) is 31.5 Å². The standard InChI is InChI=1S/C25H34BrClN2O4/c1-25(2,19-5-8-24(23(26)13-19)33-16-20(30)14-27)18-3-6-22(7-4-18)32-17-21(31)15-29-11-9-28-10-12-29/h3-8,13,20-21,28,30-31H,9-12,14-17H2,1-2H3. The van der Waals surface area contributed by atoms with Gasteiger partial charge in [0, 0.05) is 38.1 Å². The normalized spacial score (nSPS) is 16.9. The van der Waals surface area contributed by atoms with Crippen LogP contribution in [0.4, 0.5) is 0 Å². The van der Waals surface area contributed by atoms with E-state index in [1.807, 2.05) is 30.3 Å². The molecule has 8 heteroatoms. The second kappa shape index (κ2) is 12.4. The average Bonchev–Trinajstić information content (AvgIpc) is 2.82. The number of hydrogen-bond donors (Lipinski definition) is 3. The zero-order chi connectivity index (χ0) is 23.8. The number of halogens is 2. The molecule has 33 heavy (non-hydrogen) atoms. The summed E-state index contributed by atoms with van der Waals surface area (Å²) in [6.45, 7) is 9.24. The molecule has 0 aliphatic carbocycles. The first-order chi connectivity index (χ1) is 15.8. The van der Waals surface area contributed by atoms with Gasteiger partial charge in [0.05, 0.1) is 10.4 Å². The Labute approximate surface area is 210 Å². The molecular formula is C25H34BrClN2O4. The number of rotatable bonds is 11. The highest BCUT2D eigenvalue weighted by Crippen LogP contribution is 2.36. The summed E-state index contributed by atoms with van der Waals surface area (Å²) in [6, 6.07) is 14.0. The van der Waals surface area contributed by atoms with Crippen molar-refractivity contribution in [1.29, 1.82) is 0 Å². The van der Waals surface area contributed by atoms with Crippen LogP contribution >= 0.6 is 27.5 Å². The lowest BCUT2D eigenvalue weighted by molar-refractivity contribution is 0.0641. The molecule has 1 heterocycles. The van der Waals surface area contributed by atoms with Gasteiger partial charge >= 0.3 is 0 Å². The maximum absolute atomic E-state index is 10.3. The highest BCUT2D eigenvalue weighted by Gasteiger charge is 2.24. The maximum Gasteiger partial charge on any atom is 0.133 e. The molecule has 6 nitrogen and oxygen atoms in total. The van der Waals surface area contributed by atoms with Crippen LogP contribution in [0.2, 0.25) is 0 Å². The van der Waals surface area contributed by atoms with Crippen molar-refractivity contribution in [3.8, 4) is 11.5 Å². The minimum Gasteiger partial charge on any atom is -0.491 e. The quantitative estimate of drug-likeness (QED) is 0.379. The van der Waals surface area contributed by atoms with Crippen molar-refractivity contribution in [2.24, 2.45) is 0 Å². The van der Waals surface area contributed by atoms with Crippen molar-refractivity contribution in [3.63, 3.8) is 0 Å². The summed E-state index contributed by atoms with van der Waals surface area (Å²) in [6.07, 6.45) is -1.21. The first-order valence-corrected chi connectivity index (χ1v) is 12.6. The van der Waals surface area contributed by atoms with E-state index in [2.05, 4.69) is 52.1 Å². The number of aliphatic hydroxyl groups excluding tert-OH is 2. The smallest absolute Gasteiger partial charge is 0.133 e. The van der Waals surface area contributed by atoms with Crippen LogP contribution in [0, 0.1) is 0 Å². The van der Waals surface area contributed by atoms with Gasteiger partial charge in [0.15, 0.2) is 0 Å². The molecule has 0 aromatic heterocycles. The van der Waals surface area contributed by atoms with Gasteiger partial charge < -0.3 is 25.0 Å². The van der Waals surface area contributed by atoms with Gasteiger partial charge in [-0.2, -0.15) is 0 Å². The summed E-state index contributed by atoms with van der Waals surface area (Å²) in [5, 5.41) is 23.2. The number of nitrogens with one attached hydrogen (secondary N) is 1. The number of β-amino-alcohol motifs (C(OH)–C–C–N with tert-alkyl or cyclic N) is 1. The molecule has 0 bridgehead atoms. The number of piperazine rings is 1. The summed E-state index contributed by atoms with van der Waals surface area (Å²) in [5.74, 6) is 1.55. The van der Waals surface area contributed by atoms with E-state index in [1.54, 1.807) is 0 Å². The minimum absolute atomic E-state index is 0.136. The van der Waals surface area contributed by atoms with Gasteiger partial charge in [-0.15, -0.1) is 11.6 Å². The van der Waals surface area contributed by atoms with Crippen LogP contribution in [0.1, 0.15) is 25.0 Å². The predicted molar refractivity (Wildman–Crippen MR) is 136 cm³/mol. The SMILES string of the molecule is CC(C)(c1ccc(OCC(O)CN2CCNCC2)cc1)c1ccc(OCC(O)CCl)c(Br)c1. The van der Waals surface area contributed by atoms with Gasteiger partial charge in [-0.1, -0.05) is 32.0 Å². The minimum atomic E-state index is -0.696. The monoisotopic (exact) mass is 540 g/mol. The second-order valence-corrected chi connectivity index (χ2v) is 10.1. The fraction of sp³-hybridized carbons (Fsp3) is 0.520. The van der Waals surface area contributed by atoms with E-state index in [4.69, 9.17) is 21.1 Å². The Morgan fingerprint density at radius 3 is 2.27 bits per heavy atom. The van der Waals surface area contributed by atoms with Gasteiger partial charge in [0.2, 0.25) is 0 Å². The zero-order valence-electron chi connectivity index (χ0n) is 19.3. The lowest BCUT2D eigenvalue weighted by atomic mass is 9.78. The van der Waals surface area contributed by atoms with Crippen LogP contribution in [0.5, 0.6) is 11.5 Å². The van der Waals surface area contributed by atoms with Crippen LogP contribution in [0.25, 0.3) is 0 Å². The molecule has 2 atom stereocenters. The molecule has 2 aromatic carbocycles. The Hall–Kier alpha value is -1.35. The molecule has 0 saturated carbocycles. The van der Waals surface area contributed by atoms with Crippen molar-refractivity contribution in [3.05, 3.63) is 58.1 Å². The van der Waals surface area contributed by atoms with E-state index in [0.717, 1.165) is 47.5 Å². The molecule has 0 spiro atoms. The van der Waals surface area contributed by atoms with Crippen molar-refractivity contribution in [2.75, 3.05) is 51.8 Å². The van der Waals surface area contributed by atoms with E-state index < -0.39 is 12.2 Å². The summed E-state index contributed by atoms with van der Waals surface area (Å²) in [7, 11) is 0. The Morgan fingerprint density at radius 1 is 1.00 bits per heavy atom. The van der Waals surface area contributed by atoms with Crippen molar-refractivity contribution in [1.82, 2.24) is 10.2 Å². The zero-order valence-corrected chi connectivity index (χ0v) is 21.6. The second-order valence-electron chi connectivity index (χ2n) is 8.93. The fourth-order valence-electron chi connectivity index (χ4n) is 3.81.